The van der Waals surface area contributed by atoms with E-state index in [1.54, 1.807) is 13.1 Å². The number of hydrogen-bond acceptors (Lipinski definition) is 3. The predicted molar refractivity (Wildman–Crippen MR) is 75.9 cm³/mol. The number of pyridine rings is 1. The maximum Gasteiger partial charge on any atom is 0.219 e. The van der Waals surface area contributed by atoms with Crippen molar-refractivity contribution < 1.29 is 4.79 Å². The summed E-state index contributed by atoms with van der Waals surface area (Å²) >= 11 is 0. The van der Waals surface area contributed by atoms with Crippen LogP contribution >= 0.6 is 0 Å². The number of rotatable bonds is 3. The Kier molecular flexibility index (Phi) is 3.50. The van der Waals surface area contributed by atoms with E-state index in [2.05, 4.69) is 21.2 Å². The van der Waals surface area contributed by atoms with E-state index in [0.717, 1.165) is 43.0 Å². The van der Waals surface area contributed by atoms with E-state index in [9.17, 15) is 4.79 Å². The molecule has 2 aromatic heterocycles. The van der Waals surface area contributed by atoms with E-state index in [1.807, 2.05) is 23.1 Å². The lowest BCUT2D eigenvalue weighted by molar-refractivity contribution is -0.127. The predicted octanol–water partition coefficient (Wildman–Crippen LogP) is 1.88. The molecule has 3 rings (SSSR count). The van der Waals surface area contributed by atoms with Crippen molar-refractivity contribution in [3.8, 4) is 11.4 Å². The largest absolute Gasteiger partial charge is 0.343 e. The lowest BCUT2D eigenvalue weighted by atomic mass is 10.0. The Morgan fingerprint density at radius 3 is 3.05 bits per heavy atom. The fraction of sp³-hybridized carbons (Fsp3) is 0.400. The van der Waals surface area contributed by atoms with Gasteiger partial charge in [-0.1, -0.05) is 6.07 Å². The molecule has 20 heavy (non-hydrogen) atoms. The molecule has 1 saturated heterocycles. The van der Waals surface area contributed by atoms with Crippen molar-refractivity contribution in [2.75, 3.05) is 13.1 Å². The maximum absolute atomic E-state index is 11.4. The average Bonchev–Trinajstić information content (AvgIpc) is 3.10. The minimum atomic E-state index is 0.173. The molecule has 104 valence electrons. The molecule has 5 heteroatoms. The first-order chi connectivity index (χ1) is 9.72. The van der Waals surface area contributed by atoms with Crippen LogP contribution in [0.2, 0.25) is 0 Å². The van der Waals surface area contributed by atoms with Crippen LogP contribution in [0.25, 0.3) is 11.4 Å². The molecule has 5 nitrogen and oxygen atoms in total. The Bertz CT molecular complexity index is 594. The summed E-state index contributed by atoms with van der Waals surface area (Å²) in [5.74, 6) is 0.690. The van der Waals surface area contributed by atoms with E-state index in [-0.39, 0.29) is 5.91 Å². The molecule has 1 fully saturated rings. The number of aromatic amines is 1. The van der Waals surface area contributed by atoms with Crippen molar-refractivity contribution in [3.63, 3.8) is 0 Å². The van der Waals surface area contributed by atoms with Gasteiger partial charge in [0.05, 0.1) is 11.4 Å². The van der Waals surface area contributed by atoms with Crippen LogP contribution < -0.4 is 0 Å². The normalized spacial score (nSPS) is 18.4. The summed E-state index contributed by atoms with van der Waals surface area (Å²) in [6, 6.07) is 7.97. The zero-order valence-electron chi connectivity index (χ0n) is 11.5. The fourth-order valence-corrected chi connectivity index (χ4v) is 2.72. The van der Waals surface area contributed by atoms with Gasteiger partial charge in [-0.25, -0.2) is 0 Å². The third-order valence-corrected chi connectivity index (χ3v) is 3.81. The fourth-order valence-electron chi connectivity index (χ4n) is 2.72. The average molecular weight is 270 g/mol. The number of likely N-dealkylation sites (tertiary alicyclic amines) is 1. The lowest BCUT2D eigenvalue weighted by Crippen LogP contribution is -2.26. The van der Waals surface area contributed by atoms with Gasteiger partial charge in [0.25, 0.3) is 0 Å². The van der Waals surface area contributed by atoms with Gasteiger partial charge in [0.2, 0.25) is 5.91 Å². The molecule has 0 bridgehead atoms. The molecular formula is C15H18N4O. The number of H-pyrrole nitrogens is 1. The third-order valence-electron chi connectivity index (χ3n) is 3.81. The molecule has 1 aliphatic rings. The van der Waals surface area contributed by atoms with E-state index >= 15 is 0 Å². The van der Waals surface area contributed by atoms with Crippen molar-refractivity contribution in [2.24, 2.45) is 5.92 Å². The van der Waals surface area contributed by atoms with Crippen molar-refractivity contribution in [2.45, 2.75) is 19.8 Å². The van der Waals surface area contributed by atoms with Crippen molar-refractivity contribution in [1.82, 2.24) is 20.1 Å². The third kappa shape index (κ3) is 2.71. The Morgan fingerprint density at radius 2 is 2.35 bits per heavy atom. The second kappa shape index (κ2) is 5.45. The molecule has 2 aromatic rings. The highest BCUT2D eigenvalue weighted by Gasteiger charge is 2.24. The van der Waals surface area contributed by atoms with Gasteiger partial charge in [-0.15, -0.1) is 0 Å². The topological polar surface area (TPSA) is 61.9 Å². The van der Waals surface area contributed by atoms with Gasteiger partial charge in [-0.2, -0.15) is 5.10 Å². The summed E-state index contributed by atoms with van der Waals surface area (Å²) in [6.45, 7) is 3.37. The van der Waals surface area contributed by atoms with Gasteiger partial charge < -0.3 is 4.90 Å². The number of carbonyl (C=O) groups is 1. The Hall–Kier alpha value is -2.17. The molecule has 1 amide bonds. The maximum atomic E-state index is 11.4. The summed E-state index contributed by atoms with van der Waals surface area (Å²) in [7, 11) is 0. The van der Waals surface area contributed by atoms with Crippen molar-refractivity contribution in [1.29, 1.82) is 0 Å². The zero-order chi connectivity index (χ0) is 13.9. The molecule has 0 unspecified atom stereocenters. The van der Waals surface area contributed by atoms with Gasteiger partial charge in [0, 0.05) is 31.9 Å². The number of aromatic nitrogens is 3. The van der Waals surface area contributed by atoms with Gasteiger partial charge in [0.1, 0.15) is 0 Å². The highest BCUT2D eigenvalue weighted by atomic mass is 16.2. The van der Waals surface area contributed by atoms with E-state index in [1.165, 1.54) is 0 Å². The summed E-state index contributed by atoms with van der Waals surface area (Å²) in [5.41, 5.74) is 2.93. The molecule has 0 saturated carbocycles. The summed E-state index contributed by atoms with van der Waals surface area (Å²) in [6.07, 6.45) is 3.71. The minimum Gasteiger partial charge on any atom is -0.343 e. The molecule has 3 heterocycles. The van der Waals surface area contributed by atoms with Crippen LogP contribution in [0.15, 0.2) is 30.5 Å². The van der Waals surface area contributed by atoms with Gasteiger partial charge >= 0.3 is 0 Å². The summed E-state index contributed by atoms with van der Waals surface area (Å²) < 4.78 is 0. The first-order valence-corrected chi connectivity index (χ1v) is 6.93. The molecule has 0 aliphatic carbocycles. The van der Waals surface area contributed by atoms with Crippen LogP contribution in [0.5, 0.6) is 0 Å². The smallest absolute Gasteiger partial charge is 0.219 e. The van der Waals surface area contributed by atoms with Crippen LogP contribution in [-0.4, -0.2) is 39.1 Å². The van der Waals surface area contributed by atoms with Crippen LogP contribution in [0.4, 0.5) is 0 Å². The standard InChI is InChI=1S/C15H18N4O/c1-11(20)19-8-6-12(10-19)9-13-3-2-4-14(17-13)15-5-7-16-18-15/h2-5,7,12H,6,8-10H2,1H3,(H,16,18)/t12-/m0/s1. The van der Waals surface area contributed by atoms with Gasteiger partial charge in [0.15, 0.2) is 0 Å². The number of hydrogen-bond donors (Lipinski definition) is 1. The van der Waals surface area contributed by atoms with Crippen molar-refractivity contribution in [3.05, 3.63) is 36.2 Å². The van der Waals surface area contributed by atoms with Crippen LogP contribution in [-0.2, 0) is 11.2 Å². The number of amides is 1. The zero-order valence-corrected chi connectivity index (χ0v) is 11.5. The van der Waals surface area contributed by atoms with Crippen LogP contribution in [0.1, 0.15) is 19.0 Å². The molecule has 0 spiro atoms. The lowest BCUT2D eigenvalue weighted by Gasteiger charge is -2.13. The number of nitrogens with zero attached hydrogens (tertiary/aromatic N) is 3. The minimum absolute atomic E-state index is 0.173. The molecular weight excluding hydrogens is 252 g/mol. The molecule has 0 aromatic carbocycles. The first kappa shape index (κ1) is 12.8. The van der Waals surface area contributed by atoms with Crippen LogP contribution in [0.3, 0.4) is 0 Å². The second-order valence-electron chi connectivity index (χ2n) is 5.31. The van der Waals surface area contributed by atoms with Gasteiger partial charge in [-0.05, 0) is 37.0 Å². The highest BCUT2D eigenvalue weighted by molar-refractivity contribution is 5.73. The quantitative estimate of drug-likeness (QED) is 0.926. The first-order valence-electron chi connectivity index (χ1n) is 6.93. The Balaban J connectivity index is 1.70. The van der Waals surface area contributed by atoms with E-state index in [0.29, 0.717) is 5.92 Å². The SMILES string of the molecule is CC(=O)N1CC[C@@H](Cc2cccc(-c3ccn[nH]3)n2)C1. The van der Waals surface area contributed by atoms with Crippen molar-refractivity contribution >= 4 is 5.91 Å². The Morgan fingerprint density at radius 1 is 1.45 bits per heavy atom. The molecule has 0 radical (unpaired) electrons. The van der Waals surface area contributed by atoms with Crippen LogP contribution in [0, 0.1) is 5.92 Å². The highest BCUT2D eigenvalue weighted by Crippen LogP contribution is 2.21. The molecule has 1 aliphatic heterocycles. The monoisotopic (exact) mass is 270 g/mol. The number of nitrogens with one attached hydrogen (secondary N) is 1. The summed E-state index contributed by atoms with van der Waals surface area (Å²) in [4.78, 5) is 17.9. The van der Waals surface area contributed by atoms with E-state index in [4.69, 9.17) is 0 Å². The van der Waals surface area contributed by atoms with E-state index < -0.39 is 0 Å². The molecule has 1 atom stereocenters. The summed E-state index contributed by atoms with van der Waals surface area (Å²) in [5, 5.41) is 6.88. The molecule has 1 N–H and O–H groups in total. The number of carbonyl (C=O) groups excluding carboxylic acids is 1. The second-order valence-corrected chi connectivity index (χ2v) is 5.31. The van der Waals surface area contributed by atoms with Gasteiger partial charge in [-0.3, -0.25) is 14.9 Å². The Labute approximate surface area is 118 Å².